The van der Waals surface area contributed by atoms with Crippen molar-refractivity contribution in [2.75, 3.05) is 6.79 Å². The molecule has 2 aromatic rings. The first kappa shape index (κ1) is 19.8. The third-order valence-corrected chi connectivity index (χ3v) is 5.56. The van der Waals surface area contributed by atoms with Crippen molar-refractivity contribution in [1.82, 2.24) is 15.0 Å². The number of phosphoric ester groups is 1. The minimum absolute atomic E-state index is 0.273. The summed E-state index contributed by atoms with van der Waals surface area (Å²) in [5, 5.41) is 1.37. The number of halogens is 2. The zero-order chi connectivity index (χ0) is 18.7. The fourth-order valence-electron chi connectivity index (χ4n) is 2.42. The summed E-state index contributed by atoms with van der Waals surface area (Å²) in [6, 6.07) is 0. The Morgan fingerprint density at radius 2 is 1.92 bits per heavy atom. The molecule has 2 N–H and O–H groups in total. The molecule has 2 heterocycles. The highest BCUT2D eigenvalue weighted by molar-refractivity contribution is 7.98. The van der Waals surface area contributed by atoms with Gasteiger partial charge in [0.15, 0.2) is 5.16 Å². The average Bonchev–Trinajstić information content (AvgIpc) is 3.02. The van der Waals surface area contributed by atoms with Crippen molar-refractivity contribution in [3.8, 4) is 5.88 Å². The summed E-state index contributed by atoms with van der Waals surface area (Å²) in [4.78, 5) is 30.3. The van der Waals surface area contributed by atoms with Gasteiger partial charge in [0.1, 0.15) is 0 Å². The van der Waals surface area contributed by atoms with Crippen LogP contribution in [0, 0.1) is 0 Å². The molecule has 12 heteroatoms. The number of phosphoric acid groups is 1. The minimum Gasteiger partial charge on any atom is -0.450 e. The molecule has 0 radical (unpaired) electrons. The third kappa shape index (κ3) is 5.07. The number of ether oxygens (including phenoxy) is 1. The normalized spacial score (nSPS) is 13.7. The van der Waals surface area contributed by atoms with Crippen molar-refractivity contribution in [3.63, 3.8) is 0 Å². The Balaban J connectivity index is 1.76. The van der Waals surface area contributed by atoms with Gasteiger partial charge in [0.05, 0.1) is 15.7 Å². The molecule has 0 amide bonds. The summed E-state index contributed by atoms with van der Waals surface area (Å²) in [5.74, 6) is 0.715. The topological polar surface area (TPSA) is 115 Å². The highest BCUT2D eigenvalue weighted by atomic mass is 35.5. The van der Waals surface area contributed by atoms with E-state index in [0.717, 1.165) is 36.1 Å². The maximum atomic E-state index is 10.8. The van der Waals surface area contributed by atoms with Crippen molar-refractivity contribution in [1.29, 1.82) is 0 Å². The van der Waals surface area contributed by atoms with Gasteiger partial charge in [0.2, 0.25) is 12.7 Å². The molecule has 0 bridgehead atoms. The predicted molar refractivity (Wildman–Crippen MR) is 96.5 cm³/mol. The van der Waals surface area contributed by atoms with Crippen LogP contribution < -0.4 is 4.74 Å². The highest BCUT2D eigenvalue weighted by Gasteiger charge is 2.22. The van der Waals surface area contributed by atoms with Crippen LogP contribution in [0.2, 0.25) is 10.0 Å². The predicted octanol–water partition coefficient (Wildman–Crippen LogP) is 3.41. The monoisotopic (exact) mass is 437 g/mol. The van der Waals surface area contributed by atoms with Crippen molar-refractivity contribution in [2.45, 2.75) is 30.2 Å². The van der Waals surface area contributed by atoms with Crippen LogP contribution in [0.3, 0.4) is 0 Å². The number of pyridine rings is 1. The second kappa shape index (κ2) is 8.39. The van der Waals surface area contributed by atoms with Gasteiger partial charge in [-0.25, -0.2) is 14.1 Å². The lowest BCUT2D eigenvalue weighted by Crippen LogP contribution is -2.07. The zero-order valence-electron chi connectivity index (χ0n) is 13.3. The van der Waals surface area contributed by atoms with Crippen LogP contribution in [0.5, 0.6) is 5.88 Å². The number of thioether (sulfide) groups is 1. The molecule has 8 nitrogen and oxygen atoms in total. The van der Waals surface area contributed by atoms with Gasteiger partial charge in [-0.05, 0) is 19.3 Å². The van der Waals surface area contributed by atoms with Gasteiger partial charge in [-0.15, -0.1) is 0 Å². The van der Waals surface area contributed by atoms with Gasteiger partial charge in [-0.2, -0.15) is 4.98 Å². The largest absolute Gasteiger partial charge is 0.472 e. The van der Waals surface area contributed by atoms with Crippen molar-refractivity contribution in [3.05, 3.63) is 39.3 Å². The van der Waals surface area contributed by atoms with Gasteiger partial charge in [-0.3, -0.25) is 4.98 Å². The molecule has 0 aliphatic heterocycles. The SMILES string of the molecule is O=P(O)(O)OCOc1nc(SCc2c(Cl)cncc2Cl)nc2c1CCC2. The molecule has 26 heavy (non-hydrogen) atoms. The van der Waals surface area contributed by atoms with E-state index in [1.807, 2.05) is 0 Å². The maximum Gasteiger partial charge on any atom is 0.472 e. The number of aryl methyl sites for hydroxylation is 1. The van der Waals surface area contributed by atoms with E-state index in [1.54, 1.807) is 0 Å². The molecule has 0 aromatic carbocycles. The van der Waals surface area contributed by atoms with Crippen LogP contribution in [0.15, 0.2) is 17.6 Å². The van der Waals surface area contributed by atoms with Gasteiger partial charge >= 0.3 is 7.82 Å². The van der Waals surface area contributed by atoms with E-state index in [-0.39, 0.29) is 5.88 Å². The van der Waals surface area contributed by atoms with Gasteiger partial charge in [-0.1, -0.05) is 35.0 Å². The number of fused-ring (bicyclic) bond motifs is 1. The summed E-state index contributed by atoms with van der Waals surface area (Å²) >= 11 is 13.6. The molecule has 0 saturated heterocycles. The van der Waals surface area contributed by atoms with Crippen molar-refractivity contribution in [2.24, 2.45) is 0 Å². The summed E-state index contributed by atoms with van der Waals surface area (Å²) in [5.41, 5.74) is 2.42. The first-order valence-electron chi connectivity index (χ1n) is 7.47. The Bertz CT molecular complexity index is 846. The molecular formula is C14H14Cl2N3O5PS. The van der Waals surface area contributed by atoms with Crippen LogP contribution in [0.25, 0.3) is 0 Å². The number of rotatable bonds is 7. The Morgan fingerprint density at radius 3 is 2.62 bits per heavy atom. The van der Waals surface area contributed by atoms with Crippen LogP contribution in [0.4, 0.5) is 0 Å². The van der Waals surface area contributed by atoms with Gasteiger partial charge < -0.3 is 14.5 Å². The van der Waals surface area contributed by atoms with Crippen molar-refractivity contribution < 1.29 is 23.6 Å². The fraction of sp³-hybridized carbons (Fsp3) is 0.357. The van der Waals surface area contributed by atoms with E-state index in [2.05, 4.69) is 19.5 Å². The number of hydrogen-bond acceptors (Lipinski definition) is 7. The standard InChI is InChI=1S/C14H14Cl2N3O5PS/c15-10-4-17-5-11(16)9(10)6-26-14-18-12-3-1-2-8(12)13(19-14)23-7-24-25(20,21)22/h4-5H,1-3,6-7H2,(H2,20,21,22). The molecule has 0 spiro atoms. The minimum atomic E-state index is -4.61. The number of hydrogen-bond donors (Lipinski definition) is 2. The average molecular weight is 438 g/mol. The van der Waals surface area contributed by atoms with Crippen molar-refractivity contribution >= 4 is 42.8 Å². The molecule has 140 valence electrons. The quantitative estimate of drug-likeness (QED) is 0.291. The lowest BCUT2D eigenvalue weighted by atomic mass is 10.2. The summed E-state index contributed by atoms with van der Waals surface area (Å²) < 4.78 is 20.4. The van der Waals surface area contributed by atoms with Gasteiger partial charge in [0, 0.05) is 29.3 Å². The maximum absolute atomic E-state index is 10.8. The highest BCUT2D eigenvalue weighted by Crippen LogP contribution is 2.37. The molecule has 1 aliphatic rings. The van der Waals surface area contributed by atoms with Gasteiger partial charge in [0.25, 0.3) is 0 Å². The first-order chi connectivity index (χ1) is 12.3. The van der Waals surface area contributed by atoms with E-state index in [0.29, 0.717) is 21.0 Å². The second-order valence-corrected chi connectivity index (χ2v) is 8.34. The first-order valence-corrected chi connectivity index (χ1v) is 10.7. The number of nitrogens with zero attached hydrogens (tertiary/aromatic N) is 3. The van der Waals surface area contributed by atoms with Crippen LogP contribution in [-0.4, -0.2) is 31.5 Å². The lowest BCUT2D eigenvalue weighted by molar-refractivity contribution is 0.0781. The van der Waals surface area contributed by atoms with Crippen LogP contribution >= 0.6 is 42.8 Å². The fourth-order valence-corrected chi connectivity index (χ4v) is 4.18. The summed E-state index contributed by atoms with van der Waals surface area (Å²) in [7, 11) is -4.61. The van der Waals surface area contributed by atoms with E-state index >= 15 is 0 Å². The van der Waals surface area contributed by atoms with Crippen LogP contribution in [0.1, 0.15) is 23.2 Å². The second-order valence-electron chi connectivity index (χ2n) is 5.34. The number of aromatic nitrogens is 3. The molecule has 0 atom stereocenters. The molecule has 0 saturated carbocycles. The molecule has 0 unspecified atom stereocenters. The molecule has 0 fully saturated rings. The Morgan fingerprint density at radius 1 is 1.19 bits per heavy atom. The molecule has 2 aromatic heterocycles. The van der Waals surface area contributed by atoms with E-state index in [1.165, 1.54) is 24.2 Å². The molecule has 1 aliphatic carbocycles. The van der Waals surface area contributed by atoms with Crippen LogP contribution in [-0.2, 0) is 27.7 Å². The molecular weight excluding hydrogens is 424 g/mol. The smallest absolute Gasteiger partial charge is 0.450 e. The Hall–Kier alpha value is -0.930. The molecule has 3 rings (SSSR count). The third-order valence-electron chi connectivity index (χ3n) is 3.59. The van der Waals surface area contributed by atoms with E-state index < -0.39 is 14.6 Å². The lowest BCUT2D eigenvalue weighted by Gasteiger charge is -2.12. The zero-order valence-corrected chi connectivity index (χ0v) is 16.5. The summed E-state index contributed by atoms with van der Waals surface area (Å²) in [6.45, 7) is -0.597. The Kier molecular flexibility index (Phi) is 6.40. The summed E-state index contributed by atoms with van der Waals surface area (Å²) in [6.07, 6.45) is 5.48. The van der Waals surface area contributed by atoms with E-state index in [4.69, 9.17) is 37.7 Å². The van der Waals surface area contributed by atoms with E-state index in [9.17, 15) is 4.57 Å². The Labute approximate surface area is 163 Å².